The van der Waals surface area contributed by atoms with Crippen LogP contribution in [0, 0.1) is 0 Å². The molecule has 1 unspecified atom stereocenters. The lowest BCUT2D eigenvalue weighted by molar-refractivity contribution is 0.361. The van der Waals surface area contributed by atoms with Crippen molar-refractivity contribution in [3.8, 4) is 0 Å². The zero-order chi connectivity index (χ0) is 14.0. The molecule has 1 fully saturated rings. The van der Waals surface area contributed by atoms with E-state index in [4.69, 9.17) is 0 Å². The first-order chi connectivity index (χ1) is 9.29. The minimum atomic E-state index is 0.311. The Morgan fingerprint density at radius 3 is 2.05 bits per heavy atom. The largest absolute Gasteiger partial charge is 0.101 e. The third-order valence-electron chi connectivity index (χ3n) is 5.11. The maximum atomic E-state index is 2.48. The fourth-order valence-electron chi connectivity index (χ4n) is 3.90. The highest BCUT2D eigenvalue weighted by molar-refractivity contribution is 7.59. The number of hydrogen-bond donors (Lipinski definition) is 0. The Morgan fingerprint density at radius 1 is 0.789 bits per heavy atom. The van der Waals surface area contributed by atoms with E-state index in [1.54, 1.807) is 25.4 Å². The summed E-state index contributed by atoms with van der Waals surface area (Å²) in [6, 6.07) is 0. The molecule has 1 aliphatic rings. The van der Waals surface area contributed by atoms with Crippen molar-refractivity contribution in [1.82, 2.24) is 0 Å². The van der Waals surface area contributed by atoms with Crippen molar-refractivity contribution in [3.05, 3.63) is 0 Å². The Kier molecular flexibility index (Phi) is 9.38. The summed E-state index contributed by atoms with van der Waals surface area (Å²) in [6.45, 7) is 7.17. The zero-order valence-electron chi connectivity index (χ0n) is 13.8. The lowest BCUT2D eigenvalue weighted by atomic mass is 9.84. The molecule has 0 aromatic heterocycles. The van der Waals surface area contributed by atoms with Gasteiger partial charge in [0.05, 0.1) is 0 Å². The second kappa shape index (κ2) is 10.2. The van der Waals surface area contributed by atoms with E-state index in [0.29, 0.717) is 7.92 Å². The quantitative estimate of drug-likeness (QED) is 0.300. The minimum Gasteiger partial charge on any atom is -0.101 e. The molecule has 1 saturated carbocycles. The lowest BCUT2D eigenvalue weighted by Crippen LogP contribution is -2.31. The summed E-state index contributed by atoms with van der Waals surface area (Å²) >= 11 is 0. The van der Waals surface area contributed by atoms with Gasteiger partial charge in [-0.3, -0.25) is 0 Å². The maximum Gasteiger partial charge on any atom is -0.00945 e. The first-order valence-corrected chi connectivity index (χ1v) is 10.8. The van der Waals surface area contributed by atoms with E-state index >= 15 is 0 Å². The third-order valence-corrected chi connectivity index (χ3v) is 8.75. The van der Waals surface area contributed by atoms with E-state index in [-0.39, 0.29) is 0 Å². The molecule has 1 heteroatoms. The molecule has 19 heavy (non-hydrogen) atoms. The lowest BCUT2D eigenvalue weighted by Gasteiger charge is -2.44. The highest BCUT2D eigenvalue weighted by Gasteiger charge is 2.37. The Hall–Kier alpha value is 0.430. The van der Waals surface area contributed by atoms with Crippen LogP contribution in [-0.2, 0) is 0 Å². The van der Waals surface area contributed by atoms with Crippen LogP contribution in [0.25, 0.3) is 0 Å². The van der Waals surface area contributed by atoms with Gasteiger partial charge in [0.2, 0.25) is 0 Å². The van der Waals surface area contributed by atoms with Gasteiger partial charge in [0.25, 0.3) is 0 Å². The maximum absolute atomic E-state index is 2.48. The van der Waals surface area contributed by atoms with Crippen molar-refractivity contribution >= 4 is 7.92 Å². The first-order valence-electron chi connectivity index (χ1n) is 9.04. The molecule has 0 nitrogen and oxygen atoms in total. The van der Waals surface area contributed by atoms with Gasteiger partial charge in [-0.1, -0.05) is 72.1 Å². The summed E-state index contributed by atoms with van der Waals surface area (Å²) in [6.07, 6.45) is 21.0. The van der Waals surface area contributed by atoms with Crippen molar-refractivity contribution in [2.75, 3.05) is 12.3 Å². The molecule has 0 aromatic carbocycles. The standard InChI is InChI=1S/C18H37P/c1-4-7-9-13-17-19(6-3)18(14-8-5-2)15-11-10-12-16-18/h4-17H2,1-3H3. The molecule has 114 valence electrons. The summed E-state index contributed by atoms with van der Waals surface area (Å²) in [5.74, 6) is 0. The third kappa shape index (κ3) is 5.74. The smallest absolute Gasteiger partial charge is 0.00945 e. The molecule has 0 saturated heterocycles. The molecule has 0 aliphatic heterocycles. The van der Waals surface area contributed by atoms with Crippen LogP contribution in [0.3, 0.4) is 0 Å². The molecule has 1 atom stereocenters. The summed E-state index contributed by atoms with van der Waals surface area (Å²) in [5, 5.41) is 0.810. The van der Waals surface area contributed by atoms with E-state index in [1.807, 2.05) is 0 Å². The average molecular weight is 284 g/mol. The molecule has 0 N–H and O–H groups in total. The van der Waals surface area contributed by atoms with E-state index < -0.39 is 0 Å². The average Bonchev–Trinajstić information content (AvgIpc) is 2.46. The minimum absolute atomic E-state index is 0.311. The van der Waals surface area contributed by atoms with E-state index in [9.17, 15) is 0 Å². The Morgan fingerprint density at radius 2 is 1.47 bits per heavy atom. The van der Waals surface area contributed by atoms with Crippen LogP contribution in [0.5, 0.6) is 0 Å². The Labute approximate surface area is 123 Å². The number of rotatable bonds is 10. The Balaban J connectivity index is 2.53. The van der Waals surface area contributed by atoms with Crippen LogP contribution in [0.2, 0.25) is 0 Å². The summed E-state index contributed by atoms with van der Waals surface area (Å²) < 4.78 is 0. The van der Waals surface area contributed by atoms with Crippen molar-refractivity contribution in [2.24, 2.45) is 0 Å². The highest BCUT2D eigenvalue weighted by Crippen LogP contribution is 2.59. The summed E-state index contributed by atoms with van der Waals surface area (Å²) in [5.41, 5.74) is 0. The Bertz CT molecular complexity index is 206. The molecule has 1 rings (SSSR count). The molecule has 0 bridgehead atoms. The van der Waals surface area contributed by atoms with Crippen LogP contribution in [0.15, 0.2) is 0 Å². The van der Waals surface area contributed by atoms with Crippen LogP contribution in [-0.4, -0.2) is 17.5 Å². The van der Waals surface area contributed by atoms with Gasteiger partial charge in [0.1, 0.15) is 0 Å². The molecular weight excluding hydrogens is 247 g/mol. The normalized spacial score (nSPS) is 20.4. The highest BCUT2D eigenvalue weighted by atomic mass is 31.1. The SMILES string of the molecule is CCCCCCP(CC)C1(CCCC)CCCCC1. The predicted octanol–water partition coefficient (Wildman–Crippen LogP) is 6.96. The number of unbranched alkanes of at least 4 members (excludes halogenated alkanes) is 4. The second-order valence-corrected chi connectivity index (χ2v) is 9.64. The van der Waals surface area contributed by atoms with Gasteiger partial charge in [0, 0.05) is 0 Å². The van der Waals surface area contributed by atoms with Gasteiger partial charge in [-0.25, -0.2) is 0 Å². The fourth-order valence-corrected chi connectivity index (χ4v) is 7.39. The van der Waals surface area contributed by atoms with E-state index in [2.05, 4.69) is 20.8 Å². The monoisotopic (exact) mass is 284 g/mol. The van der Waals surface area contributed by atoms with Gasteiger partial charge in [-0.2, -0.15) is 0 Å². The van der Waals surface area contributed by atoms with Gasteiger partial charge in [-0.05, 0) is 43.2 Å². The molecule has 1 aliphatic carbocycles. The summed E-state index contributed by atoms with van der Waals surface area (Å²) in [7, 11) is 0.311. The topological polar surface area (TPSA) is 0 Å². The van der Waals surface area contributed by atoms with Gasteiger partial charge in [-0.15, -0.1) is 7.92 Å². The molecule has 0 amide bonds. The molecular formula is C18H37P. The first kappa shape index (κ1) is 17.5. The van der Waals surface area contributed by atoms with Crippen molar-refractivity contribution in [1.29, 1.82) is 0 Å². The van der Waals surface area contributed by atoms with Crippen molar-refractivity contribution < 1.29 is 0 Å². The van der Waals surface area contributed by atoms with E-state index in [0.717, 1.165) is 5.16 Å². The second-order valence-electron chi connectivity index (χ2n) is 6.53. The molecule has 0 radical (unpaired) electrons. The predicted molar refractivity (Wildman–Crippen MR) is 91.8 cm³/mol. The number of hydrogen-bond acceptors (Lipinski definition) is 0. The van der Waals surface area contributed by atoms with Crippen molar-refractivity contribution in [3.63, 3.8) is 0 Å². The molecule has 0 aromatic rings. The molecule has 0 heterocycles. The van der Waals surface area contributed by atoms with Crippen LogP contribution < -0.4 is 0 Å². The van der Waals surface area contributed by atoms with Gasteiger partial charge >= 0.3 is 0 Å². The zero-order valence-corrected chi connectivity index (χ0v) is 14.7. The van der Waals surface area contributed by atoms with Crippen molar-refractivity contribution in [2.45, 2.75) is 103 Å². The van der Waals surface area contributed by atoms with Crippen LogP contribution in [0.1, 0.15) is 97.8 Å². The van der Waals surface area contributed by atoms with Gasteiger partial charge < -0.3 is 0 Å². The molecule has 0 spiro atoms. The van der Waals surface area contributed by atoms with E-state index in [1.165, 1.54) is 63.9 Å². The van der Waals surface area contributed by atoms with Gasteiger partial charge in [0.15, 0.2) is 0 Å². The fraction of sp³-hybridized carbons (Fsp3) is 1.00. The van der Waals surface area contributed by atoms with Crippen LogP contribution >= 0.6 is 7.92 Å². The summed E-state index contributed by atoms with van der Waals surface area (Å²) in [4.78, 5) is 0. The van der Waals surface area contributed by atoms with Crippen LogP contribution in [0.4, 0.5) is 0 Å².